The van der Waals surface area contributed by atoms with Crippen molar-refractivity contribution in [3.05, 3.63) is 82.3 Å². The van der Waals surface area contributed by atoms with Crippen LogP contribution in [0.4, 0.5) is 5.82 Å². The van der Waals surface area contributed by atoms with E-state index >= 15 is 0 Å². The largest absolute Gasteiger partial charge is 0.378 e. The molecule has 0 saturated carbocycles. The summed E-state index contributed by atoms with van der Waals surface area (Å²) in [5.41, 5.74) is 2.93. The highest BCUT2D eigenvalue weighted by Gasteiger charge is 2.24. The highest BCUT2D eigenvalue weighted by molar-refractivity contribution is 7.12. The van der Waals surface area contributed by atoms with E-state index in [0.29, 0.717) is 31.1 Å². The fourth-order valence-electron chi connectivity index (χ4n) is 4.22. The molecule has 1 aliphatic rings. The first-order chi connectivity index (χ1) is 17.2. The van der Waals surface area contributed by atoms with E-state index in [4.69, 9.17) is 4.74 Å². The normalized spacial score (nSPS) is 14.6. The molecule has 180 valence electrons. The monoisotopic (exact) mass is 489 g/mol. The van der Waals surface area contributed by atoms with E-state index in [2.05, 4.69) is 25.5 Å². The van der Waals surface area contributed by atoms with Gasteiger partial charge in [-0.05, 0) is 40.8 Å². The molecule has 5 rings (SSSR count). The van der Waals surface area contributed by atoms with Crippen LogP contribution >= 0.6 is 11.3 Å². The number of rotatable bonds is 8. The van der Waals surface area contributed by atoms with Crippen molar-refractivity contribution in [2.45, 2.75) is 19.0 Å². The summed E-state index contributed by atoms with van der Waals surface area (Å²) in [4.78, 5) is 36.6. The van der Waals surface area contributed by atoms with Crippen LogP contribution in [0, 0.1) is 0 Å². The zero-order valence-electron chi connectivity index (χ0n) is 19.2. The van der Waals surface area contributed by atoms with Gasteiger partial charge in [0.05, 0.1) is 18.1 Å². The molecule has 2 amide bonds. The number of ether oxygens (including phenoxy) is 1. The third-order valence-electron chi connectivity index (χ3n) is 6.08. The zero-order chi connectivity index (χ0) is 24.0. The maximum absolute atomic E-state index is 13.3. The maximum Gasteiger partial charge on any atom is 0.262 e. The Morgan fingerprint density at radius 3 is 2.83 bits per heavy atom. The van der Waals surface area contributed by atoms with Crippen molar-refractivity contribution in [2.24, 2.45) is 0 Å². The molecule has 1 aliphatic heterocycles. The summed E-state index contributed by atoms with van der Waals surface area (Å²) in [7, 11) is 0. The Balaban J connectivity index is 1.30. The number of morpholine rings is 1. The molecule has 1 fully saturated rings. The SMILES string of the molecule is O=C(NC(Cc1c[nH]c2ccccc12)C(=O)NCc1ccnc(N2CCOCC2)c1)c1cccs1. The van der Waals surface area contributed by atoms with Gasteiger partial charge in [0.25, 0.3) is 5.91 Å². The Hall–Kier alpha value is -3.69. The van der Waals surface area contributed by atoms with Gasteiger partial charge in [0, 0.05) is 49.4 Å². The summed E-state index contributed by atoms with van der Waals surface area (Å²) < 4.78 is 5.42. The third kappa shape index (κ3) is 5.52. The van der Waals surface area contributed by atoms with Gasteiger partial charge < -0.3 is 25.3 Å². The summed E-state index contributed by atoms with van der Waals surface area (Å²) in [5.74, 6) is 0.393. The third-order valence-corrected chi connectivity index (χ3v) is 6.95. The molecule has 35 heavy (non-hydrogen) atoms. The molecule has 1 atom stereocenters. The molecular formula is C26H27N5O3S. The smallest absolute Gasteiger partial charge is 0.262 e. The Morgan fingerprint density at radius 2 is 2.00 bits per heavy atom. The fourth-order valence-corrected chi connectivity index (χ4v) is 4.84. The van der Waals surface area contributed by atoms with Crippen molar-refractivity contribution in [3.63, 3.8) is 0 Å². The minimum Gasteiger partial charge on any atom is -0.378 e. The predicted molar refractivity (Wildman–Crippen MR) is 137 cm³/mol. The molecule has 1 saturated heterocycles. The molecule has 1 unspecified atom stereocenters. The van der Waals surface area contributed by atoms with Crippen LogP contribution in [0.3, 0.4) is 0 Å². The number of aromatic nitrogens is 2. The Labute approximate surface area is 207 Å². The van der Waals surface area contributed by atoms with Crippen LogP contribution in [0.15, 0.2) is 66.3 Å². The van der Waals surface area contributed by atoms with Crippen molar-refractivity contribution in [1.82, 2.24) is 20.6 Å². The second kappa shape index (κ2) is 10.7. The van der Waals surface area contributed by atoms with Gasteiger partial charge >= 0.3 is 0 Å². The number of thiophene rings is 1. The minimum atomic E-state index is -0.718. The van der Waals surface area contributed by atoms with Crippen LogP contribution in [0.25, 0.3) is 10.9 Å². The molecule has 4 aromatic rings. The topological polar surface area (TPSA) is 99.3 Å². The Kier molecular flexibility index (Phi) is 7.06. The number of fused-ring (bicyclic) bond motifs is 1. The van der Waals surface area contributed by atoms with Gasteiger partial charge in [0.15, 0.2) is 0 Å². The van der Waals surface area contributed by atoms with Crippen molar-refractivity contribution in [3.8, 4) is 0 Å². The van der Waals surface area contributed by atoms with Crippen molar-refractivity contribution in [2.75, 3.05) is 31.2 Å². The van der Waals surface area contributed by atoms with Crippen LogP contribution in [0.5, 0.6) is 0 Å². The number of anilines is 1. The number of nitrogens with zero attached hydrogens (tertiary/aromatic N) is 2. The van der Waals surface area contributed by atoms with Crippen molar-refractivity contribution < 1.29 is 14.3 Å². The van der Waals surface area contributed by atoms with E-state index in [1.165, 1.54) is 11.3 Å². The molecule has 1 aromatic carbocycles. The lowest BCUT2D eigenvalue weighted by Gasteiger charge is -2.28. The number of carbonyl (C=O) groups is 2. The van der Waals surface area contributed by atoms with Crippen LogP contribution in [-0.2, 0) is 22.5 Å². The number of hydrogen-bond donors (Lipinski definition) is 3. The van der Waals surface area contributed by atoms with Gasteiger partial charge in [0.1, 0.15) is 11.9 Å². The standard InChI is InChI=1S/C26H27N5O3S/c32-25(29-16-18-7-8-27-24(14-18)31-9-11-34-12-10-31)22(30-26(33)23-6-3-13-35-23)15-19-17-28-21-5-2-1-4-20(19)21/h1-8,13-14,17,22,28H,9-12,15-16H2,(H,29,32)(H,30,33). The number of H-pyrrole nitrogens is 1. The van der Waals surface area contributed by atoms with Gasteiger partial charge in [-0.1, -0.05) is 24.3 Å². The average molecular weight is 490 g/mol. The number of hydrogen-bond acceptors (Lipinski definition) is 6. The quantitative estimate of drug-likeness (QED) is 0.353. The van der Waals surface area contributed by atoms with E-state index in [1.54, 1.807) is 12.3 Å². The number of carbonyl (C=O) groups excluding carboxylic acids is 2. The number of para-hydroxylation sites is 1. The van der Waals surface area contributed by atoms with Gasteiger partial charge in [0.2, 0.25) is 5.91 Å². The lowest BCUT2D eigenvalue weighted by molar-refractivity contribution is -0.123. The molecule has 0 aliphatic carbocycles. The van der Waals surface area contributed by atoms with E-state index in [9.17, 15) is 9.59 Å². The number of aromatic amines is 1. The van der Waals surface area contributed by atoms with E-state index in [1.807, 2.05) is 54.0 Å². The first-order valence-corrected chi connectivity index (χ1v) is 12.5. The van der Waals surface area contributed by atoms with Crippen LogP contribution in [-0.4, -0.2) is 54.1 Å². The predicted octanol–water partition coefficient (Wildman–Crippen LogP) is 3.12. The Bertz CT molecular complexity index is 1300. The molecular weight excluding hydrogens is 462 g/mol. The molecule has 0 bridgehead atoms. The van der Waals surface area contributed by atoms with Gasteiger partial charge in [-0.15, -0.1) is 11.3 Å². The van der Waals surface area contributed by atoms with E-state index in [0.717, 1.165) is 40.9 Å². The highest BCUT2D eigenvalue weighted by atomic mass is 32.1. The first-order valence-electron chi connectivity index (χ1n) is 11.6. The van der Waals surface area contributed by atoms with E-state index < -0.39 is 6.04 Å². The molecule has 9 heteroatoms. The fraction of sp³-hybridized carbons (Fsp3) is 0.269. The van der Waals surface area contributed by atoms with E-state index in [-0.39, 0.29) is 11.8 Å². The molecule has 4 heterocycles. The number of nitrogens with one attached hydrogen (secondary N) is 3. The minimum absolute atomic E-state index is 0.232. The van der Waals surface area contributed by atoms with Gasteiger partial charge in [-0.3, -0.25) is 9.59 Å². The first kappa shape index (κ1) is 23.1. The number of amides is 2. The average Bonchev–Trinajstić information content (AvgIpc) is 3.58. The van der Waals surface area contributed by atoms with Gasteiger partial charge in [-0.2, -0.15) is 0 Å². The summed E-state index contributed by atoms with van der Waals surface area (Å²) in [6.45, 7) is 3.30. The highest BCUT2D eigenvalue weighted by Crippen LogP contribution is 2.20. The van der Waals surface area contributed by atoms with Crippen molar-refractivity contribution >= 4 is 39.9 Å². The molecule has 8 nitrogen and oxygen atoms in total. The molecule has 3 aromatic heterocycles. The maximum atomic E-state index is 13.3. The summed E-state index contributed by atoms with van der Waals surface area (Å²) >= 11 is 1.35. The summed E-state index contributed by atoms with van der Waals surface area (Å²) in [6, 6.07) is 14.7. The van der Waals surface area contributed by atoms with Crippen LogP contribution < -0.4 is 15.5 Å². The second-order valence-corrected chi connectivity index (χ2v) is 9.35. The van der Waals surface area contributed by atoms with Crippen LogP contribution in [0.1, 0.15) is 20.8 Å². The number of benzene rings is 1. The summed E-state index contributed by atoms with van der Waals surface area (Å²) in [6.07, 6.45) is 4.04. The Morgan fingerprint density at radius 1 is 1.14 bits per heavy atom. The molecule has 0 radical (unpaired) electrons. The second-order valence-electron chi connectivity index (χ2n) is 8.41. The molecule has 3 N–H and O–H groups in total. The lowest BCUT2D eigenvalue weighted by Crippen LogP contribution is -2.47. The molecule has 0 spiro atoms. The zero-order valence-corrected chi connectivity index (χ0v) is 20.0. The lowest BCUT2D eigenvalue weighted by atomic mass is 10.0. The van der Waals surface area contributed by atoms with Crippen LogP contribution in [0.2, 0.25) is 0 Å². The van der Waals surface area contributed by atoms with Gasteiger partial charge in [-0.25, -0.2) is 4.98 Å². The summed E-state index contributed by atoms with van der Waals surface area (Å²) in [5, 5.41) is 8.83. The van der Waals surface area contributed by atoms with Crippen molar-refractivity contribution in [1.29, 1.82) is 0 Å². The number of pyridine rings is 1.